The van der Waals surface area contributed by atoms with Crippen molar-refractivity contribution in [1.29, 1.82) is 0 Å². The Morgan fingerprint density at radius 2 is 2.05 bits per heavy atom. The molecule has 0 bridgehead atoms. The average Bonchev–Trinajstić information content (AvgIpc) is 2.75. The molecule has 2 N–H and O–H groups in total. The number of carbonyl (C=O) groups excluding carboxylic acids is 1. The maximum atomic E-state index is 11.6. The summed E-state index contributed by atoms with van der Waals surface area (Å²) in [5, 5.41) is 5.57. The van der Waals surface area contributed by atoms with Crippen LogP contribution in [0.4, 0.5) is 4.79 Å². The van der Waals surface area contributed by atoms with Crippen LogP contribution in [0.2, 0.25) is 0 Å². The van der Waals surface area contributed by atoms with E-state index in [1.807, 2.05) is 44.2 Å². The molecule has 1 atom stereocenters. The third-order valence-electron chi connectivity index (χ3n) is 2.85. The van der Waals surface area contributed by atoms with Gasteiger partial charge in [0.25, 0.3) is 0 Å². The minimum Gasteiger partial charge on any atom is -0.348 e. The Morgan fingerprint density at radius 3 is 2.68 bits per heavy atom. The zero-order valence-corrected chi connectivity index (χ0v) is 11.3. The molecule has 1 aliphatic heterocycles. The topological polar surface area (TPSA) is 59.6 Å². The van der Waals surface area contributed by atoms with E-state index in [1.165, 1.54) is 0 Å². The van der Waals surface area contributed by atoms with Gasteiger partial charge in [0, 0.05) is 13.1 Å². The third kappa shape index (κ3) is 4.54. The van der Waals surface area contributed by atoms with Crippen molar-refractivity contribution in [2.75, 3.05) is 13.2 Å². The lowest BCUT2D eigenvalue weighted by atomic mass is 10.2. The van der Waals surface area contributed by atoms with Gasteiger partial charge in [-0.3, -0.25) is 0 Å². The number of benzene rings is 1. The summed E-state index contributed by atoms with van der Waals surface area (Å²) in [6, 6.07) is 9.58. The van der Waals surface area contributed by atoms with Gasteiger partial charge in [-0.15, -0.1) is 0 Å². The SMILES string of the molecule is CC1(C)OCC(CNC(=O)NCc2ccccc2)O1. The minimum atomic E-state index is -0.549. The van der Waals surface area contributed by atoms with Crippen LogP contribution >= 0.6 is 0 Å². The fourth-order valence-corrected chi connectivity index (χ4v) is 1.91. The van der Waals surface area contributed by atoms with E-state index in [1.54, 1.807) is 0 Å². The maximum Gasteiger partial charge on any atom is 0.315 e. The molecule has 2 amide bonds. The molecular weight excluding hydrogens is 244 g/mol. The van der Waals surface area contributed by atoms with E-state index in [9.17, 15) is 4.79 Å². The van der Waals surface area contributed by atoms with Crippen molar-refractivity contribution in [3.05, 3.63) is 35.9 Å². The molecule has 0 radical (unpaired) electrons. The molecule has 1 aromatic carbocycles. The minimum absolute atomic E-state index is 0.0857. The molecule has 0 saturated carbocycles. The summed E-state index contributed by atoms with van der Waals surface area (Å²) in [6.07, 6.45) is -0.0857. The first-order valence-electron chi connectivity index (χ1n) is 6.42. The Labute approximate surface area is 113 Å². The summed E-state index contributed by atoms with van der Waals surface area (Å²) in [6.45, 7) is 5.20. The number of hydrogen-bond acceptors (Lipinski definition) is 3. The van der Waals surface area contributed by atoms with Gasteiger partial charge < -0.3 is 20.1 Å². The first-order chi connectivity index (χ1) is 9.05. The summed E-state index contributed by atoms with van der Waals surface area (Å²) in [5.41, 5.74) is 1.07. The van der Waals surface area contributed by atoms with Crippen LogP contribution in [0, 0.1) is 0 Å². The Kier molecular flexibility index (Phi) is 4.39. The van der Waals surface area contributed by atoms with Crippen LogP contribution in [0.1, 0.15) is 19.4 Å². The van der Waals surface area contributed by atoms with Gasteiger partial charge >= 0.3 is 6.03 Å². The largest absolute Gasteiger partial charge is 0.348 e. The molecular formula is C14H20N2O3. The van der Waals surface area contributed by atoms with Gasteiger partial charge in [-0.1, -0.05) is 30.3 Å². The van der Waals surface area contributed by atoms with Gasteiger partial charge in [-0.2, -0.15) is 0 Å². The lowest BCUT2D eigenvalue weighted by Gasteiger charge is -2.17. The first-order valence-corrected chi connectivity index (χ1v) is 6.42. The number of urea groups is 1. The molecule has 1 aromatic rings. The fourth-order valence-electron chi connectivity index (χ4n) is 1.91. The lowest BCUT2D eigenvalue weighted by molar-refractivity contribution is -0.137. The van der Waals surface area contributed by atoms with E-state index >= 15 is 0 Å². The number of nitrogens with one attached hydrogen (secondary N) is 2. The summed E-state index contributed by atoms with van der Waals surface area (Å²) in [5.74, 6) is -0.549. The first kappa shape index (κ1) is 13.8. The molecule has 1 heterocycles. The van der Waals surface area contributed by atoms with E-state index in [0.717, 1.165) is 5.56 Å². The lowest BCUT2D eigenvalue weighted by Crippen LogP contribution is -2.40. The highest BCUT2D eigenvalue weighted by Crippen LogP contribution is 2.21. The van der Waals surface area contributed by atoms with Crippen LogP contribution in [0.15, 0.2) is 30.3 Å². The Balaban J connectivity index is 1.65. The van der Waals surface area contributed by atoms with Crippen molar-refractivity contribution in [3.8, 4) is 0 Å². The summed E-state index contributed by atoms with van der Waals surface area (Å²) in [7, 11) is 0. The number of amides is 2. The van der Waals surface area contributed by atoms with Gasteiger partial charge in [0.15, 0.2) is 5.79 Å². The van der Waals surface area contributed by atoms with Crippen molar-refractivity contribution >= 4 is 6.03 Å². The maximum absolute atomic E-state index is 11.6. The number of ether oxygens (including phenoxy) is 2. The van der Waals surface area contributed by atoms with Crippen LogP contribution in [0.3, 0.4) is 0 Å². The molecule has 1 fully saturated rings. The molecule has 104 valence electrons. The van der Waals surface area contributed by atoms with E-state index in [4.69, 9.17) is 9.47 Å². The van der Waals surface area contributed by atoms with Gasteiger partial charge in [0.2, 0.25) is 0 Å². The van der Waals surface area contributed by atoms with Crippen molar-refractivity contribution < 1.29 is 14.3 Å². The van der Waals surface area contributed by atoms with E-state index in [0.29, 0.717) is 19.7 Å². The highest BCUT2D eigenvalue weighted by molar-refractivity contribution is 5.73. The molecule has 5 heteroatoms. The normalized spacial score (nSPS) is 21.1. The highest BCUT2D eigenvalue weighted by Gasteiger charge is 2.32. The molecule has 0 aromatic heterocycles. The second kappa shape index (κ2) is 6.04. The summed E-state index contributed by atoms with van der Waals surface area (Å²) >= 11 is 0. The van der Waals surface area contributed by atoms with Crippen LogP contribution in [-0.2, 0) is 16.0 Å². The van der Waals surface area contributed by atoms with E-state index in [2.05, 4.69) is 10.6 Å². The second-order valence-electron chi connectivity index (χ2n) is 5.00. The Hall–Kier alpha value is -1.59. The quantitative estimate of drug-likeness (QED) is 0.869. The average molecular weight is 264 g/mol. The molecule has 2 rings (SSSR count). The molecule has 1 saturated heterocycles. The molecule has 1 unspecified atom stereocenters. The smallest absolute Gasteiger partial charge is 0.315 e. The molecule has 0 spiro atoms. The standard InChI is InChI=1S/C14H20N2O3/c1-14(2)18-10-12(19-14)9-16-13(17)15-8-11-6-4-3-5-7-11/h3-7,12H,8-10H2,1-2H3,(H2,15,16,17). The van der Waals surface area contributed by atoms with Crippen molar-refractivity contribution in [1.82, 2.24) is 10.6 Å². The van der Waals surface area contributed by atoms with Gasteiger partial charge in [0.05, 0.1) is 6.61 Å². The van der Waals surface area contributed by atoms with E-state index < -0.39 is 5.79 Å². The zero-order chi connectivity index (χ0) is 13.7. The van der Waals surface area contributed by atoms with Crippen molar-refractivity contribution in [2.45, 2.75) is 32.3 Å². The second-order valence-corrected chi connectivity index (χ2v) is 5.00. The molecule has 1 aliphatic rings. The van der Waals surface area contributed by atoms with Crippen LogP contribution in [0.5, 0.6) is 0 Å². The summed E-state index contributed by atoms with van der Waals surface area (Å²) < 4.78 is 11.0. The van der Waals surface area contributed by atoms with E-state index in [-0.39, 0.29) is 12.1 Å². The number of carbonyl (C=O) groups is 1. The molecule has 5 nitrogen and oxygen atoms in total. The van der Waals surface area contributed by atoms with Gasteiger partial charge in [-0.05, 0) is 19.4 Å². The third-order valence-corrected chi connectivity index (χ3v) is 2.85. The van der Waals surface area contributed by atoms with Crippen molar-refractivity contribution in [2.24, 2.45) is 0 Å². The fraction of sp³-hybridized carbons (Fsp3) is 0.500. The summed E-state index contributed by atoms with van der Waals surface area (Å²) in [4.78, 5) is 11.6. The monoisotopic (exact) mass is 264 g/mol. The zero-order valence-electron chi connectivity index (χ0n) is 11.3. The molecule has 19 heavy (non-hydrogen) atoms. The van der Waals surface area contributed by atoms with Crippen LogP contribution < -0.4 is 10.6 Å². The number of hydrogen-bond donors (Lipinski definition) is 2. The number of rotatable bonds is 4. The van der Waals surface area contributed by atoms with Crippen LogP contribution in [-0.4, -0.2) is 31.1 Å². The highest BCUT2D eigenvalue weighted by atomic mass is 16.7. The molecule has 0 aliphatic carbocycles. The van der Waals surface area contributed by atoms with Crippen molar-refractivity contribution in [3.63, 3.8) is 0 Å². The Bertz CT molecular complexity index is 420. The van der Waals surface area contributed by atoms with Crippen LogP contribution in [0.25, 0.3) is 0 Å². The Morgan fingerprint density at radius 1 is 1.32 bits per heavy atom. The van der Waals surface area contributed by atoms with Gasteiger partial charge in [-0.25, -0.2) is 4.79 Å². The van der Waals surface area contributed by atoms with Gasteiger partial charge in [0.1, 0.15) is 6.10 Å². The predicted molar refractivity (Wildman–Crippen MR) is 71.6 cm³/mol. The predicted octanol–water partition coefficient (Wildman–Crippen LogP) is 1.64.